The number of fused-ring (bicyclic) bond motifs is 1. The number of carbonyl (C=O) groups is 1. The molecule has 0 fully saturated rings. The van der Waals surface area contributed by atoms with Crippen molar-refractivity contribution in [3.63, 3.8) is 0 Å². The fraction of sp³-hybridized carbons (Fsp3) is 0.423. The van der Waals surface area contributed by atoms with Gasteiger partial charge >= 0.3 is 0 Å². The minimum Gasteiger partial charge on any atom is -0.325 e. The van der Waals surface area contributed by atoms with Crippen LogP contribution in [0, 0.1) is 12.8 Å². The molecule has 2 N–H and O–H groups in total. The molecular formula is C26H33N5O3S. The van der Waals surface area contributed by atoms with Crippen molar-refractivity contribution in [2.45, 2.75) is 70.4 Å². The van der Waals surface area contributed by atoms with E-state index in [1.807, 2.05) is 39.0 Å². The number of aryl methyl sites for hydroxylation is 2. The van der Waals surface area contributed by atoms with Crippen molar-refractivity contribution in [2.24, 2.45) is 5.92 Å². The Balaban J connectivity index is 1.54. The molecule has 186 valence electrons. The van der Waals surface area contributed by atoms with Gasteiger partial charge in [-0.15, -0.1) is 10.2 Å². The highest BCUT2D eigenvalue weighted by molar-refractivity contribution is 7.89. The molecule has 1 amide bonds. The molecule has 2 aromatic carbocycles. The van der Waals surface area contributed by atoms with Gasteiger partial charge in [-0.2, -0.15) is 4.72 Å². The Kier molecular flexibility index (Phi) is 7.66. The van der Waals surface area contributed by atoms with E-state index in [9.17, 15) is 13.2 Å². The smallest absolute Gasteiger partial charge is 0.242 e. The minimum atomic E-state index is -3.85. The molecule has 2 heterocycles. The van der Waals surface area contributed by atoms with Crippen molar-refractivity contribution in [1.82, 2.24) is 19.5 Å². The standard InChI is InChI=1S/C26H33N5O3S/c1-18(2)16-23(30-35(33,34)22-13-11-19(3)12-14-22)26(32)27-21-9-7-8-20(17-21)25-29-28-24-10-5-4-6-15-31(24)25/h7-9,11-14,17-18,23,30H,4-6,10,15-16H2,1-3H3,(H,27,32). The maximum absolute atomic E-state index is 13.2. The van der Waals surface area contributed by atoms with Gasteiger partial charge in [-0.1, -0.05) is 50.1 Å². The summed E-state index contributed by atoms with van der Waals surface area (Å²) in [6.07, 6.45) is 4.67. The van der Waals surface area contributed by atoms with Crippen LogP contribution in [0.1, 0.15) is 50.9 Å². The third-order valence-corrected chi connectivity index (χ3v) is 7.64. The molecule has 1 aromatic heterocycles. The monoisotopic (exact) mass is 495 g/mol. The molecule has 1 atom stereocenters. The lowest BCUT2D eigenvalue weighted by Gasteiger charge is -2.20. The zero-order chi connectivity index (χ0) is 25.0. The van der Waals surface area contributed by atoms with Gasteiger partial charge in [0.2, 0.25) is 15.9 Å². The number of benzene rings is 2. The largest absolute Gasteiger partial charge is 0.325 e. The van der Waals surface area contributed by atoms with Crippen molar-refractivity contribution in [1.29, 1.82) is 0 Å². The van der Waals surface area contributed by atoms with E-state index < -0.39 is 22.0 Å². The Labute approximate surface area is 207 Å². The molecule has 0 aliphatic carbocycles. The number of hydrogen-bond acceptors (Lipinski definition) is 5. The summed E-state index contributed by atoms with van der Waals surface area (Å²) in [6, 6.07) is 13.1. The summed E-state index contributed by atoms with van der Waals surface area (Å²) >= 11 is 0. The molecule has 0 radical (unpaired) electrons. The van der Waals surface area contributed by atoms with Gasteiger partial charge in [-0.05, 0) is 56.4 Å². The van der Waals surface area contributed by atoms with Crippen molar-refractivity contribution >= 4 is 21.6 Å². The highest BCUT2D eigenvalue weighted by atomic mass is 32.2. The van der Waals surface area contributed by atoms with E-state index in [4.69, 9.17) is 0 Å². The van der Waals surface area contributed by atoms with Crippen molar-refractivity contribution in [3.8, 4) is 11.4 Å². The van der Waals surface area contributed by atoms with E-state index in [0.717, 1.165) is 48.6 Å². The molecule has 0 bridgehead atoms. The van der Waals surface area contributed by atoms with Gasteiger partial charge < -0.3 is 9.88 Å². The Morgan fingerprint density at radius 2 is 1.83 bits per heavy atom. The molecule has 8 nitrogen and oxygen atoms in total. The number of nitrogens with one attached hydrogen (secondary N) is 2. The van der Waals surface area contributed by atoms with Crippen LogP contribution >= 0.6 is 0 Å². The fourth-order valence-electron chi connectivity index (χ4n) is 4.32. The maximum Gasteiger partial charge on any atom is 0.242 e. The lowest BCUT2D eigenvalue weighted by Crippen LogP contribution is -2.44. The average molecular weight is 496 g/mol. The maximum atomic E-state index is 13.2. The SMILES string of the molecule is Cc1ccc(S(=O)(=O)NC(CC(C)C)C(=O)Nc2cccc(-c3nnc4n3CCCCC4)c2)cc1. The van der Waals surface area contributed by atoms with Crippen LogP contribution in [-0.2, 0) is 27.8 Å². The summed E-state index contributed by atoms with van der Waals surface area (Å²) in [4.78, 5) is 13.4. The predicted octanol–water partition coefficient (Wildman–Crippen LogP) is 4.31. The third kappa shape index (κ3) is 6.15. The Bertz CT molecular complexity index is 1280. The molecule has 1 aliphatic rings. The second-order valence-corrected chi connectivity index (χ2v) is 11.3. The first-order valence-corrected chi connectivity index (χ1v) is 13.6. The molecule has 0 saturated heterocycles. The van der Waals surface area contributed by atoms with Crippen LogP contribution in [0.15, 0.2) is 53.4 Å². The quantitative estimate of drug-likeness (QED) is 0.484. The summed E-state index contributed by atoms with van der Waals surface area (Å²) in [6.45, 7) is 6.69. The van der Waals surface area contributed by atoms with Gasteiger partial charge in [0, 0.05) is 24.2 Å². The molecule has 4 rings (SSSR count). The Morgan fingerprint density at radius 1 is 1.06 bits per heavy atom. The lowest BCUT2D eigenvalue weighted by atomic mass is 10.0. The van der Waals surface area contributed by atoms with Crippen LogP contribution in [0.2, 0.25) is 0 Å². The normalized spacial score (nSPS) is 14.9. The lowest BCUT2D eigenvalue weighted by molar-refractivity contribution is -0.118. The van der Waals surface area contributed by atoms with Crippen LogP contribution in [0.4, 0.5) is 5.69 Å². The number of rotatable bonds is 8. The zero-order valence-corrected chi connectivity index (χ0v) is 21.3. The molecular weight excluding hydrogens is 462 g/mol. The number of aromatic nitrogens is 3. The third-order valence-electron chi connectivity index (χ3n) is 6.15. The highest BCUT2D eigenvalue weighted by Crippen LogP contribution is 2.25. The summed E-state index contributed by atoms with van der Waals surface area (Å²) < 4.78 is 30.7. The van der Waals surface area contributed by atoms with Crippen molar-refractivity contribution < 1.29 is 13.2 Å². The van der Waals surface area contributed by atoms with Crippen LogP contribution in [0.25, 0.3) is 11.4 Å². The minimum absolute atomic E-state index is 0.115. The molecule has 1 aliphatic heterocycles. The van der Waals surface area contributed by atoms with Crippen LogP contribution < -0.4 is 10.0 Å². The van der Waals surface area contributed by atoms with Gasteiger partial charge in [-0.25, -0.2) is 8.42 Å². The van der Waals surface area contributed by atoms with E-state index >= 15 is 0 Å². The zero-order valence-electron chi connectivity index (χ0n) is 20.5. The van der Waals surface area contributed by atoms with Gasteiger partial charge in [0.25, 0.3) is 0 Å². The van der Waals surface area contributed by atoms with Crippen molar-refractivity contribution in [3.05, 3.63) is 59.9 Å². The van der Waals surface area contributed by atoms with Gasteiger partial charge in [-0.3, -0.25) is 4.79 Å². The molecule has 3 aromatic rings. The number of nitrogens with zero attached hydrogens (tertiary/aromatic N) is 3. The van der Waals surface area contributed by atoms with Crippen molar-refractivity contribution in [2.75, 3.05) is 5.32 Å². The number of anilines is 1. The second kappa shape index (κ2) is 10.7. The summed E-state index contributed by atoms with van der Waals surface area (Å²) in [5.41, 5.74) is 2.41. The second-order valence-electron chi connectivity index (χ2n) is 9.59. The van der Waals surface area contributed by atoms with E-state index in [0.29, 0.717) is 12.1 Å². The highest BCUT2D eigenvalue weighted by Gasteiger charge is 2.27. The first kappa shape index (κ1) is 25.1. The summed E-state index contributed by atoms with van der Waals surface area (Å²) in [5.74, 6) is 1.50. The van der Waals surface area contributed by atoms with Crippen LogP contribution in [0.5, 0.6) is 0 Å². The fourth-order valence-corrected chi connectivity index (χ4v) is 5.53. The Hall–Kier alpha value is -3.04. The van der Waals surface area contributed by atoms with E-state index in [1.165, 1.54) is 6.42 Å². The Morgan fingerprint density at radius 3 is 2.57 bits per heavy atom. The molecule has 1 unspecified atom stereocenters. The molecule has 35 heavy (non-hydrogen) atoms. The summed E-state index contributed by atoms with van der Waals surface area (Å²) in [5, 5.41) is 11.7. The summed E-state index contributed by atoms with van der Waals surface area (Å²) in [7, 11) is -3.85. The number of amides is 1. The number of sulfonamides is 1. The van der Waals surface area contributed by atoms with E-state index in [1.54, 1.807) is 30.3 Å². The number of hydrogen-bond donors (Lipinski definition) is 2. The predicted molar refractivity (Wildman–Crippen MR) is 136 cm³/mol. The van der Waals surface area contributed by atoms with Crippen LogP contribution in [-0.4, -0.2) is 35.1 Å². The van der Waals surface area contributed by atoms with Crippen LogP contribution in [0.3, 0.4) is 0 Å². The number of carbonyl (C=O) groups excluding carboxylic acids is 1. The van der Waals surface area contributed by atoms with E-state index in [2.05, 4.69) is 24.8 Å². The first-order chi connectivity index (χ1) is 16.7. The van der Waals surface area contributed by atoms with Gasteiger partial charge in [0.15, 0.2) is 5.82 Å². The molecule has 0 saturated carbocycles. The average Bonchev–Trinajstić information content (AvgIpc) is 3.07. The molecule has 0 spiro atoms. The van der Waals surface area contributed by atoms with Gasteiger partial charge in [0.05, 0.1) is 4.90 Å². The topological polar surface area (TPSA) is 106 Å². The van der Waals surface area contributed by atoms with E-state index in [-0.39, 0.29) is 10.8 Å². The molecule has 9 heteroatoms. The first-order valence-electron chi connectivity index (χ1n) is 12.2. The van der Waals surface area contributed by atoms with Gasteiger partial charge in [0.1, 0.15) is 11.9 Å².